The summed E-state index contributed by atoms with van der Waals surface area (Å²) < 4.78 is 35.5. The smallest absolute Gasteiger partial charge is 0.335 e. The zero-order valence-electron chi connectivity index (χ0n) is 12.9. The summed E-state index contributed by atoms with van der Waals surface area (Å²) in [6.45, 7) is 0. The number of rotatable bonds is 6. The summed E-state index contributed by atoms with van der Waals surface area (Å²) in [7, 11) is -1.24. The number of ether oxygens (including phenoxy) is 2. The largest absolute Gasteiger partial charge is 0.467 e. The Morgan fingerprint density at radius 1 is 1.04 bits per heavy atom. The number of nitrogens with one attached hydrogen (secondary N) is 2. The van der Waals surface area contributed by atoms with Gasteiger partial charge in [0, 0.05) is 0 Å². The zero-order valence-corrected chi connectivity index (χ0v) is 13.7. The molecule has 10 nitrogen and oxygen atoms in total. The number of urea groups is 1. The van der Waals surface area contributed by atoms with Crippen molar-refractivity contribution in [2.45, 2.75) is 5.75 Å². The number of hydrogen-bond acceptors (Lipinski definition) is 8. The van der Waals surface area contributed by atoms with E-state index in [1.165, 1.54) is 14.2 Å². The molecular formula is C13H15N5O5S. The summed E-state index contributed by atoms with van der Waals surface area (Å²) in [4.78, 5) is 23.1. The van der Waals surface area contributed by atoms with Crippen LogP contribution >= 0.6 is 0 Å². The topological polar surface area (TPSA) is 132 Å². The van der Waals surface area contributed by atoms with Gasteiger partial charge >= 0.3 is 18.1 Å². The minimum Gasteiger partial charge on any atom is -0.467 e. The maximum absolute atomic E-state index is 12.0. The van der Waals surface area contributed by atoms with E-state index in [0.717, 1.165) is 0 Å². The fourth-order valence-corrected chi connectivity index (χ4v) is 2.71. The van der Waals surface area contributed by atoms with E-state index in [0.29, 0.717) is 5.56 Å². The molecule has 1 heterocycles. The van der Waals surface area contributed by atoms with E-state index in [9.17, 15) is 13.2 Å². The van der Waals surface area contributed by atoms with Crippen molar-refractivity contribution in [3.8, 4) is 12.0 Å². The molecule has 2 aromatic rings. The van der Waals surface area contributed by atoms with Crippen molar-refractivity contribution < 1.29 is 22.7 Å². The number of methoxy groups -OCH3 is 2. The van der Waals surface area contributed by atoms with Gasteiger partial charge in [-0.05, 0) is 5.56 Å². The first-order chi connectivity index (χ1) is 11.4. The first kappa shape index (κ1) is 17.4. The highest BCUT2D eigenvalue weighted by atomic mass is 32.2. The van der Waals surface area contributed by atoms with Crippen LogP contribution in [-0.4, -0.2) is 43.6 Å². The predicted octanol–water partition coefficient (Wildman–Crippen LogP) is 0.540. The van der Waals surface area contributed by atoms with E-state index in [1.54, 1.807) is 30.3 Å². The van der Waals surface area contributed by atoms with Crippen LogP contribution in [-0.2, 0) is 15.8 Å². The summed E-state index contributed by atoms with van der Waals surface area (Å²) >= 11 is 0. The first-order valence-electron chi connectivity index (χ1n) is 6.61. The van der Waals surface area contributed by atoms with Crippen LogP contribution in [0.4, 0.5) is 10.7 Å². The molecule has 0 aliphatic carbocycles. The third kappa shape index (κ3) is 5.05. The number of carbonyl (C=O) groups excluding carboxylic acids is 1. The van der Waals surface area contributed by atoms with Crippen LogP contribution in [0.5, 0.6) is 12.0 Å². The highest BCUT2D eigenvalue weighted by molar-refractivity contribution is 7.89. The van der Waals surface area contributed by atoms with Gasteiger partial charge in [-0.25, -0.2) is 17.9 Å². The second-order valence-electron chi connectivity index (χ2n) is 4.43. The standard InChI is InChI=1S/C13H15N5O5S/c1-22-12-15-10(16-13(17-12)23-2)14-11(19)18-24(20,21)8-9-6-4-3-5-7-9/h3-7H,8H2,1-2H3,(H2,14,15,16,17,18,19). The maximum Gasteiger partial charge on any atom is 0.335 e. The molecule has 0 unspecified atom stereocenters. The molecule has 0 fully saturated rings. The fourth-order valence-electron chi connectivity index (χ4n) is 1.67. The minimum absolute atomic E-state index is 0.0932. The van der Waals surface area contributed by atoms with Crippen molar-refractivity contribution in [1.82, 2.24) is 19.7 Å². The highest BCUT2D eigenvalue weighted by Crippen LogP contribution is 2.12. The number of aromatic nitrogens is 3. The van der Waals surface area contributed by atoms with Crippen molar-refractivity contribution in [2.24, 2.45) is 0 Å². The van der Waals surface area contributed by atoms with E-state index in [2.05, 4.69) is 20.3 Å². The van der Waals surface area contributed by atoms with Crippen LogP contribution in [0, 0.1) is 0 Å². The van der Waals surface area contributed by atoms with Crippen LogP contribution in [0.3, 0.4) is 0 Å². The van der Waals surface area contributed by atoms with Gasteiger partial charge < -0.3 is 9.47 Å². The second kappa shape index (κ2) is 7.55. The van der Waals surface area contributed by atoms with Crippen LogP contribution in [0.1, 0.15) is 5.56 Å². The van der Waals surface area contributed by atoms with Gasteiger partial charge in [0.2, 0.25) is 16.0 Å². The highest BCUT2D eigenvalue weighted by Gasteiger charge is 2.17. The molecule has 2 amide bonds. The average Bonchev–Trinajstić information content (AvgIpc) is 2.54. The van der Waals surface area contributed by atoms with Crippen molar-refractivity contribution in [1.29, 1.82) is 0 Å². The van der Waals surface area contributed by atoms with E-state index in [4.69, 9.17) is 9.47 Å². The van der Waals surface area contributed by atoms with Crippen LogP contribution < -0.4 is 19.5 Å². The Hall–Kier alpha value is -2.95. The molecule has 1 aromatic carbocycles. The number of benzene rings is 1. The van der Waals surface area contributed by atoms with Crippen molar-refractivity contribution in [2.75, 3.05) is 19.5 Å². The summed E-state index contributed by atoms with van der Waals surface area (Å²) in [6, 6.07) is 7.24. The van der Waals surface area contributed by atoms with E-state index in [1.807, 2.05) is 4.72 Å². The quantitative estimate of drug-likeness (QED) is 0.769. The number of sulfonamides is 1. The van der Waals surface area contributed by atoms with Crippen molar-refractivity contribution >= 4 is 22.0 Å². The molecule has 0 spiro atoms. The van der Waals surface area contributed by atoms with E-state index in [-0.39, 0.29) is 23.7 Å². The van der Waals surface area contributed by atoms with E-state index < -0.39 is 16.1 Å². The average molecular weight is 353 g/mol. The Morgan fingerprint density at radius 3 is 2.17 bits per heavy atom. The molecule has 0 radical (unpaired) electrons. The van der Waals surface area contributed by atoms with Crippen LogP contribution in [0.15, 0.2) is 30.3 Å². The molecular weight excluding hydrogens is 338 g/mol. The summed E-state index contributed by atoms with van der Waals surface area (Å²) in [6.07, 6.45) is 0. The Labute approximate surface area is 138 Å². The third-order valence-electron chi connectivity index (χ3n) is 2.63. The normalized spacial score (nSPS) is 10.8. The van der Waals surface area contributed by atoms with Crippen molar-refractivity contribution in [3.05, 3.63) is 35.9 Å². The lowest BCUT2D eigenvalue weighted by atomic mass is 10.2. The first-order valence-corrected chi connectivity index (χ1v) is 8.26. The molecule has 2 N–H and O–H groups in total. The molecule has 0 aliphatic rings. The van der Waals surface area contributed by atoms with Gasteiger partial charge in [-0.15, -0.1) is 4.98 Å². The van der Waals surface area contributed by atoms with Gasteiger partial charge in [0.25, 0.3) is 0 Å². The molecule has 0 saturated carbocycles. The third-order valence-corrected chi connectivity index (χ3v) is 3.84. The summed E-state index contributed by atoms with van der Waals surface area (Å²) in [5.74, 6) is -0.559. The van der Waals surface area contributed by atoms with Crippen LogP contribution in [0.25, 0.3) is 0 Å². The number of hydrogen-bond donors (Lipinski definition) is 2. The summed E-state index contributed by atoms with van der Waals surface area (Å²) in [5.41, 5.74) is 0.543. The molecule has 24 heavy (non-hydrogen) atoms. The second-order valence-corrected chi connectivity index (χ2v) is 6.16. The van der Waals surface area contributed by atoms with Crippen molar-refractivity contribution in [3.63, 3.8) is 0 Å². The molecule has 0 bridgehead atoms. The lowest BCUT2D eigenvalue weighted by Gasteiger charge is -2.09. The molecule has 0 atom stereocenters. The van der Waals surface area contributed by atoms with Gasteiger partial charge in [-0.1, -0.05) is 30.3 Å². The maximum atomic E-state index is 12.0. The van der Waals surface area contributed by atoms with Gasteiger partial charge in [-0.2, -0.15) is 9.97 Å². The lowest BCUT2D eigenvalue weighted by Crippen LogP contribution is -2.35. The molecule has 0 saturated heterocycles. The Kier molecular flexibility index (Phi) is 5.47. The number of nitrogens with zero attached hydrogens (tertiary/aromatic N) is 3. The monoisotopic (exact) mass is 353 g/mol. The Morgan fingerprint density at radius 2 is 1.62 bits per heavy atom. The fraction of sp³-hybridized carbons (Fsp3) is 0.231. The molecule has 2 rings (SSSR count). The Bertz CT molecular complexity index is 791. The van der Waals surface area contributed by atoms with Gasteiger partial charge in [0.05, 0.1) is 20.0 Å². The summed E-state index contributed by atoms with van der Waals surface area (Å²) in [5, 5.41) is 2.18. The zero-order chi connectivity index (χ0) is 17.6. The predicted molar refractivity (Wildman–Crippen MR) is 84.2 cm³/mol. The Balaban J connectivity index is 2.05. The number of carbonyl (C=O) groups is 1. The molecule has 128 valence electrons. The lowest BCUT2D eigenvalue weighted by molar-refractivity contribution is 0.256. The van der Waals surface area contributed by atoms with Gasteiger partial charge in [-0.3, -0.25) is 5.32 Å². The molecule has 11 heteroatoms. The van der Waals surface area contributed by atoms with Gasteiger partial charge in [0.15, 0.2) is 0 Å². The SMILES string of the molecule is COc1nc(NC(=O)NS(=O)(=O)Cc2ccccc2)nc(OC)n1. The van der Waals surface area contributed by atoms with Crippen LogP contribution in [0.2, 0.25) is 0 Å². The molecule has 0 aliphatic heterocycles. The minimum atomic E-state index is -3.88. The van der Waals surface area contributed by atoms with Gasteiger partial charge in [0.1, 0.15) is 0 Å². The number of amides is 2. The molecule has 1 aromatic heterocycles. The van der Waals surface area contributed by atoms with E-state index >= 15 is 0 Å². The number of anilines is 1.